The Balaban J connectivity index is 2.58. The van der Waals surface area contributed by atoms with Crippen molar-refractivity contribution in [2.75, 3.05) is 17.6 Å². The van der Waals surface area contributed by atoms with Crippen molar-refractivity contribution in [3.05, 3.63) is 47.4 Å². The van der Waals surface area contributed by atoms with Crippen LogP contribution in [0.4, 0.5) is 19.1 Å². The molecule has 13 heteroatoms. The van der Waals surface area contributed by atoms with Gasteiger partial charge in [0.1, 0.15) is 23.9 Å². The van der Waals surface area contributed by atoms with Gasteiger partial charge < -0.3 is 9.84 Å². The Kier molecular flexibility index (Phi) is 9.67. The number of carbonyl (C=O) groups is 2. The molecule has 1 heterocycles. The monoisotopic (exact) mass is 571 g/mol. The lowest BCUT2D eigenvalue weighted by Gasteiger charge is -2.22. The SMILES string of the molecule is CC(C)c1nc(N(C)S(C)(=O)=O)nc(-c2ccc(F)cc2)c1/C=C/C(O)C(F)(F)C(=O)CC(=O)OC(C)(C)C. The Morgan fingerprint density at radius 3 is 2.18 bits per heavy atom. The summed E-state index contributed by atoms with van der Waals surface area (Å²) in [6.07, 6.45) is -1.19. The molecule has 1 aromatic carbocycles. The second kappa shape index (κ2) is 11.8. The number of ketones is 1. The van der Waals surface area contributed by atoms with E-state index >= 15 is 0 Å². The molecule has 0 spiro atoms. The van der Waals surface area contributed by atoms with E-state index in [4.69, 9.17) is 4.74 Å². The molecule has 0 bridgehead atoms. The number of alkyl halides is 2. The van der Waals surface area contributed by atoms with E-state index in [-0.39, 0.29) is 28.8 Å². The van der Waals surface area contributed by atoms with Gasteiger partial charge in [0.25, 0.3) is 0 Å². The minimum absolute atomic E-state index is 0.0750. The average Bonchev–Trinajstić information content (AvgIpc) is 2.79. The van der Waals surface area contributed by atoms with E-state index < -0.39 is 51.6 Å². The maximum atomic E-state index is 14.7. The molecule has 0 aliphatic carbocycles. The van der Waals surface area contributed by atoms with Gasteiger partial charge in [-0.15, -0.1) is 0 Å². The standard InChI is InChI=1S/C26H32F3N3O6S/c1-15(2)22-18(12-13-19(33)26(28,29)20(34)14-21(35)38-25(3,4)5)23(16-8-10-17(27)11-9-16)31-24(30-22)32(6)39(7,36)37/h8-13,15,19,33H,14H2,1-7H3/b13-12+. The van der Waals surface area contributed by atoms with E-state index in [0.29, 0.717) is 11.6 Å². The molecular weight excluding hydrogens is 539 g/mol. The summed E-state index contributed by atoms with van der Waals surface area (Å²) in [6, 6.07) is 4.99. The van der Waals surface area contributed by atoms with Crippen molar-refractivity contribution in [1.82, 2.24) is 9.97 Å². The first-order valence-electron chi connectivity index (χ1n) is 11.8. The Morgan fingerprint density at radius 1 is 1.13 bits per heavy atom. The summed E-state index contributed by atoms with van der Waals surface area (Å²) in [5.74, 6) is -8.48. The van der Waals surface area contributed by atoms with Gasteiger partial charge >= 0.3 is 11.9 Å². The first-order valence-corrected chi connectivity index (χ1v) is 13.7. The molecule has 0 aliphatic rings. The van der Waals surface area contributed by atoms with E-state index in [1.54, 1.807) is 13.8 Å². The molecule has 0 saturated carbocycles. The summed E-state index contributed by atoms with van der Waals surface area (Å²) in [7, 11) is -2.54. The first-order chi connectivity index (χ1) is 17.7. The van der Waals surface area contributed by atoms with Crippen molar-refractivity contribution >= 4 is 33.8 Å². The molecule has 9 nitrogen and oxygen atoms in total. The molecule has 2 aromatic rings. The van der Waals surface area contributed by atoms with E-state index in [0.717, 1.165) is 28.8 Å². The number of nitrogens with zero attached hydrogens (tertiary/aromatic N) is 3. The fourth-order valence-electron chi connectivity index (χ4n) is 3.30. The van der Waals surface area contributed by atoms with Crippen molar-refractivity contribution in [3.63, 3.8) is 0 Å². The molecular formula is C26H32F3N3O6S. The summed E-state index contributed by atoms with van der Waals surface area (Å²) in [5.41, 5.74) is -0.234. The molecule has 0 saturated heterocycles. The van der Waals surface area contributed by atoms with Crippen molar-refractivity contribution in [2.45, 2.75) is 64.6 Å². The maximum absolute atomic E-state index is 14.7. The largest absolute Gasteiger partial charge is 0.460 e. The Labute approximate surface area is 225 Å². The van der Waals surface area contributed by atoms with E-state index in [1.165, 1.54) is 40.0 Å². The normalized spacial score (nSPS) is 13.5. The van der Waals surface area contributed by atoms with Crippen molar-refractivity contribution in [2.24, 2.45) is 0 Å². The summed E-state index contributed by atoms with van der Waals surface area (Å²) in [5, 5.41) is 10.2. The van der Waals surface area contributed by atoms with E-state index in [1.807, 2.05) is 0 Å². The van der Waals surface area contributed by atoms with Gasteiger partial charge in [0.05, 0.1) is 17.6 Å². The van der Waals surface area contributed by atoms with Gasteiger partial charge in [-0.1, -0.05) is 19.9 Å². The smallest absolute Gasteiger partial charge is 0.334 e. The number of aliphatic hydroxyl groups is 1. The quantitative estimate of drug-likeness (QED) is 0.334. The Hall–Kier alpha value is -3.32. The van der Waals surface area contributed by atoms with Crippen LogP contribution in [0.1, 0.15) is 58.2 Å². The number of esters is 1. The zero-order valence-electron chi connectivity index (χ0n) is 22.7. The highest BCUT2D eigenvalue weighted by Gasteiger charge is 2.46. The number of anilines is 1. The van der Waals surface area contributed by atoms with Crippen LogP contribution in [0.25, 0.3) is 17.3 Å². The first kappa shape index (κ1) is 31.9. The third kappa shape index (κ3) is 8.33. The van der Waals surface area contributed by atoms with Gasteiger partial charge in [-0.3, -0.25) is 9.59 Å². The van der Waals surface area contributed by atoms with Crippen LogP contribution in [0, 0.1) is 5.82 Å². The number of sulfonamides is 1. The average molecular weight is 572 g/mol. The van der Waals surface area contributed by atoms with Gasteiger partial charge in [0, 0.05) is 18.2 Å². The number of Topliss-reactive ketones (excluding diaryl/α,β-unsaturated/α-hetero) is 1. The number of benzene rings is 1. The minimum atomic E-state index is -4.33. The van der Waals surface area contributed by atoms with Gasteiger partial charge in [0.2, 0.25) is 21.8 Å². The zero-order valence-corrected chi connectivity index (χ0v) is 23.5. The molecule has 1 N–H and O–H groups in total. The van der Waals surface area contributed by atoms with Gasteiger partial charge in [-0.2, -0.15) is 8.78 Å². The Morgan fingerprint density at radius 2 is 1.69 bits per heavy atom. The number of halogens is 3. The maximum Gasteiger partial charge on any atom is 0.334 e. The van der Waals surface area contributed by atoms with Crippen LogP contribution in [-0.4, -0.2) is 66.2 Å². The molecule has 0 aliphatic heterocycles. The number of hydrogen-bond acceptors (Lipinski definition) is 8. The fourth-order valence-corrected chi connectivity index (χ4v) is 3.67. The molecule has 0 radical (unpaired) electrons. The number of rotatable bonds is 10. The van der Waals surface area contributed by atoms with Crippen molar-refractivity contribution < 1.29 is 41.0 Å². The number of hydrogen-bond donors (Lipinski definition) is 1. The summed E-state index contributed by atoms with van der Waals surface area (Å²) >= 11 is 0. The van der Waals surface area contributed by atoms with Crippen LogP contribution in [0.5, 0.6) is 0 Å². The molecule has 1 atom stereocenters. The number of carbonyl (C=O) groups excluding carboxylic acids is 2. The highest BCUT2D eigenvalue weighted by atomic mass is 32.2. The zero-order chi connectivity index (χ0) is 29.9. The second-order valence-electron chi connectivity index (χ2n) is 10.2. The van der Waals surface area contributed by atoms with Crippen LogP contribution < -0.4 is 4.31 Å². The van der Waals surface area contributed by atoms with Crippen LogP contribution in [0.3, 0.4) is 0 Å². The van der Waals surface area contributed by atoms with Gasteiger partial charge in [0.15, 0.2) is 0 Å². The summed E-state index contributed by atoms with van der Waals surface area (Å²) in [6.45, 7) is 7.97. The molecule has 2 rings (SSSR count). The number of ether oxygens (including phenoxy) is 1. The second-order valence-corrected chi connectivity index (χ2v) is 12.2. The molecule has 0 amide bonds. The molecule has 0 fully saturated rings. The minimum Gasteiger partial charge on any atom is -0.460 e. The van der Waals surface area contributed by atoms with Crippen LogP contribution in [0.2, 0.25) is 0 Å². The summed E-state index contributed by atoms with van der Waals surface area (Å²) in [4.78, 5) is 32.6. The van der Waals surface area contributed by atoms with Crippen LogP contribution in [0.15, 0.2) is 30.3 Å². The molecule has 39 heavy (non-hydrogen) atoms. The third-order valence-electron chi connectivity index (χ3n) is 5.32. The molecule has 1 aromatic heterocycles. The fraction of sp³-hybridized carbons (Fsp3) is 0.462. The lowest BCUT2D eigenvalue weighted by molar-refractivity contribution is -0.166. The van der Waals surface area contributed by atoms with Crippen molar-refractivity contribution in [1.29, 1.82) is 0 Å². The lowest BCUT2D eigenvalue weighted by Crippen LogP contribution is -2.42. The Bertz CT molecular complexity index is 1350. The van der Waals surface area contributed by atoms with Crippen molar-refractivity contribution in [3.8, 4) is 11.3 Å². The number of aromatic nitrogens is 2. The van der Waals surface area contributed by atoms with E-state index in [2.05, 4.69) is 9.97 Å². The predicted molar refractivity (Wildman–Crippen MR) is 140 cm³/mol. The van der Waals surface area contributed by atoms with Gasteiger partial charge in [-0.25, -0.2) is 27.1 Å². The highest BCUT2D eigenvalue weighted by Crippen LogP contribution is 2.32. The lowest BCUT2D eigenvalue weighted by atomic mass is 9.96. The van der Waals surface area contributed by atoms with E-state index in [9.17, 15) is 36.3 Å². The molecule has 214 valence electrons. The number of aliphatic hydroxyl groups excluding tert-OH is 1. The topological polar surface area (TPSA) is 127 Å². The molecule has 1 unspecified atom stereocenters. The predicted octanol–water partition coefficient (Wildman–Crippen LogP) is 4.11. The van der Waals surface area contributed by atoms with Crippen LogP contribution >= 0.6 is 0 Å². The summed E-state index contributed by atoms with van der Waals surface area (Å²) < 4.78 is 73.1. The van der Waals surface area contributed by atoms with Crippen LogP contribution in [-0.2, 0) is 24.3 Å². The van der Waals surface area contributed by atoms with Gasteiger partial charge in [-0.05, 0) is 57.0 Å². The third-order valence-corrected chi connectivity index (χ3v) is 6.48. The highest BCUT2D eigenvalue weighted by molar-refractivity contribution is 7.92.